The average Bonchev–Trinajstić information content (AvgIpc) is 2.78. The minimum absolute atomic E-state index is 0.152. The molecule has 0 fully saturated rings. The minimum Gasteiger partial charge on any atom is -0.496 e. The maximum Gasteiger partial charge on any atom is 0.134 e. The van der Waals surface area contributed by atoms with Crippen molar-refractivity contribution in [2.75, 3.05) is 19.2 Å². The van der Waals surface area contributed by atoms with Crippen LogP contribution >= 0.6 is 0 Å². The van der Waals surface area contributed by atoms with Gasteiger partial charge in [0.2, 0.25) is 0 Å². The Bertz CT molecular complexity index is 875. The molecule has 1 atom stereocenters. The molecule has 0 aliphatic carbocycles. The largest absolute Gasteiger partial charge is 0.496 e. The van der Waals surface area contributed by atoms with Gasteiger partial charge in [0.15, 0.2) is 0 Å². The highest BCUT2D eigenvalue weighted by Crippen LogP contribution is 2.43. The number of rotatable bonds is 14. The van der Waals surface area contributed by atoms with E-state index < -0.39 is 0 Å². The first kappa shape index (κ1) is 24.8. The van der Waals surface area contributed by atoms with Crippen LogP contribution in [-0.2, 0) is 4.74 Å². The van der Waals surface area contributed by atoms with E-state index in [1.54, 1.807) is 19.2 Å². The molecular formula is C25H36N2O4. The number of allylic oxidation sites excluding steroid dienone is 1. The van der Waals surface area contributed by atoms with Gasteiger partial charge in [0, 0.05) is 10.9 Å². The van der Waals surface area contributed by atoms with Crippen molar-refractivity contribution in [3.8, 4) is 5.75 Å². The summed E-state index contributed by atoms with van der Waals surface area (Å²) in [7, 11) is 1.60. The van der Waals surface area contributed by atoms with Crippen molar-refractivity contribution < 1.29 is 14.7 Å². The molecule has 2 aromatic rings. The summed E-state index contributed by atoms with van der Waals surface area (Å²) in [5.74, 6) is 0.590. The molecule has 0 heterocycles. The summed E-state index contributed by atoms with van der Waals surface area (Å²) in [5.41, 5.74) is 5.10. The maximum absolute atomic E-state index is 11.3. The topological polar surface area (TPSA) is 80.2 Å². The Balaban J connectivity index is 2.39. The first-order valence-corrected chi connectivity index (χ1v) is 11.2. The quantitative estimate of drug-likeness (QED) is 0.139. The Kier molecular flexibility index (Phi) is 10.5. The first-order valence-electron chi connectivity index (χ1n) is 11.2. The molecule has 0 aliphatic heterocycles. The van der Waals surface area contributed by atoms with Crippen molar-refractivity contribution in [1.82, 2.24) is 0 Å². The van der Waals surface area contributed by atoms with E-state index in [1.807, 2.05) is 12.1 Å². The molecule has 2 aromatic carbocycles. The standard InChI is InChI=1S/C25H36N2O4/c1-5-6-7-8-9-10-11-23(31-17-16-18(2)3)20-13-12-19-21(26-28)14-15-22(27-29)24(19)25(20)30-4/h12-16,23,27,29H,5-11,17H2,1-4H3. The number of fused-ring (bicyclic) bond motifs is 1. The highest BCUT2D eigenvalue weighted by Gasteiger charge is 2.21. The SMILES string of the molecule is CCCCCCCCC(OCC=C(C)C)c1ccc2c(N=O)ccc(NO)c2c1OC. The van der Waals surface area contributed by atoms with Crippen LogP contribution in [0.3, 0.4) is 0 Å². The summed E-state index contributed by atoms with van der Waals surface area (Å²) in [4.78, 5) is 11.3. The third kappa shape index (κ3) is 6.77. The van der Waals surface area contributed by atoms with E-state index in [1.165, 1.54) is 37.7 Å². The second kappa shape index (κ2) is 13.1. The Hall–Kier alpha value is -2.44. The average molecular weight is 429 g/mol. The van der Waals surface area contributed by atoms with Crippen molar-refractivity contribution in [3.63, 3.8) is 0 Å². The van der Waals surface area contributed by atoms with Gasteiger partial charge in [-0.1, -0.05) is 69.2 Å². The summed E-state index contributed by atoms with van der Waals surface area (Å²) < 4.78 is 12.0. The third-order valence-electron chi connectivity index (χ3n) is 5.52. The van der Waals surface area contributed by atoms with Gasteiger partial charge in [0.25, 0.3) is 0 Å². The normalized spacial score (nSPS) is 11.9. The van der Waals surface area contributed by atoms with Gasteiger partial charge in [0.05, 0.1) is 30.9 Å². The zero-order chi connectivity index (χ0) is 22.6. The molecule has 2 rings (SSSR count). The number of hydrogen-bond acceptors (Lipinski definition) is 6. The van der Waals surface area contributed by atoms with Crippen LogP contribution in [0.5, 0.6) is 5.75 Å². The molecule has 0 bridgehead atoms. The summed E-state index contributed by atoms with van der Waals surface area (Å²) in [6, 6.07) is 6.99. The highest BCUT2D eigenvalue weighted by molar-refractivity contribution is 6.05. The Morgan fingerprint density at radius 1 is 1.13 bits per heavy atom. The number of benzene rings is 2. The smallest absolute Gasteiger partial charge is 0.134 e. The molecule has 6 nitrogen and oxygen atoms in total. The van der Waals surface area contributed by atoms with Crippen LogP contribution in [0, 0.1) is 4.91 Å². The zero-order valence-electron chi connectivity index (χ0n) is 19.2. The number of unbranched alkanes of at least 4 members (excludes halogenated alkanes) is 5. The van der Waals surface area contributed by atoms with Crippen LogP contribution in [0.25, 0.3) is 10.8 Å². The van der Waals surface area contributed by atoms with Gasteiger partial charge in [-0.3, -0.25) is 10.7 Å². The van der Waals surface area contributed by atoms with Crippen molar-refractivity contribution in [2.45, 2.75) is 71.8 Å². The minimum atomic E-state index is -0.152. The molecule has 170 valence electrons. The second-order valence-electron chi connectivity index (χ2n) is 8.11. The van der Waals surface area contributed by atoms with Gasteiger partial charge in [-0.25, -0.2) is 0 Å². The van der Waals surface area contributed by atoms with Crippen LogP contribution < -0.4 is 10.2 Å². The predicted molar refractivity (Wildman–Crippen MR) is 127 cm³/mol. The highest BCUT2D eigenvalue weighted by atomic mass is 16.5. The molecule has 6 heteroatoms. The number of nitrogens with zero attached hydrogens (tertiary/aromatic N) is 1. The number of ether oxygens (including phenoxy) is 2. The molecule has 0 saturated heterocycles. The van der Waals surface area contributed by atoms with Gasteiger partial charge < -0.3 is 9.47 Å². The molecule has 0 saturated carbocycles. The molecule has 1 unspecified atom stereocenters. The van der Waals surface area contributed by atoms with E-state index >= 15 is 0 Å². The van der Waals surface area contributed by atoms with E-state index in [9.17, 15) is 10.1 Å². The van der Waals surface area contributed by atoms with Gasteiger partial charge in [-0.2, -0.15) is 0 Å². The molecule has 0 radical (unpaired) electrons. The summed E-state index contributed by atoms with van der Waals surface area (Å²) in [6.45, 7) is 6.84. The van der Waals surface area contributed by atoms with E-state index in [2.05, 4.69) is 37.5 Å². The molecule has 0 amide bonds. The fourth-order valence-electron chi connectivity index (χ4n) is 3.83. The van der Waals surface area contributed by atoms with Crippen LogP contribution in [0.4, 0.5) is 11.4 Å². The number of anilines is 1. The molecule has 0 spiro atoms. The first-order chi connectivity index (χ1) is 15.1. The Labute approximate surface area is 185 Å². The van der Waals surface area contributed by atoms with Gasteiger partial charge in [-0.15, -0.1) is 4.91 Å². The van der Waals surface area contributed by atoms with Crippen molar-refractivity contribution in [2.24, 2.45) is 5.18 Å². The molecular weight excluding hydrogens is 392 g/mol. The summed E-state index contributed by atoms with van der Waals surface area (Å²) in [6.07, 6.45) is 10.0. The number of methoxy groups -OCH3 is 1. The monoisotopic (exact) mass is 428 g/mol. The van der Waals surface area contributed by atoms with Crippen LogP contribution in [0.2, 0.25) is 0 Å². The van der Waals surface area contributed by atoms with Crippen LogP contribution in [-0.4, -0.2) is 18.9 Å². The predicted octanol–water partition coefficient (Wildman–Crippen LogP) is 7.82. The third-order valence-corrected chi connectivity index (χ3v) is 5.52. The lowest BCUT2D eigenvalue weighted by Gasteiger charge is -2.22. The second-order valence-corrected chi connectivity index (χ2v) is 8.11. The summed E-state index contributed by atoms with van der Waals surface area (Å²) in [5, 5.41) is 14.0. The fraction of sp³-hybridized carbons (Fsp3) is 0.520. The van der Waals surface area contributed by atoms with Gasteiger partial charge in [-0.05, 0) is 37.6 Å². The lowest BCUT2D eigenvalue weighted by Crippen LogP contribution is -2.08. The lowest BCUT2D eigenvalue weighted by atomic mass is 9.96. The van der Waals surface area contributed by atoms with Crippen LogP contribution in [0.1, 0.15) is 77.4 Å². The van der Waals surface area contributed by atoms with Crippen LogP contribution in [0.15, 0.2) is 41.1 Å². The van der Waals surface area contributed by atoms with Crippen molar-refractivity contribution in [1.29, 1.82) is 0 Å². The number of nitrogens with one attached hydrogen (secondary N) is 1. The summed E-state index contributed by atoms with van der Waals surface area (Å²) >= 11 is 0. The Morgan fingerprint density at radius 3 is 2.52 bits per heavy atom. The zero-order valence-corrected chi connectivity index (χ0v) is 19.2. The van der Waals surface area contributed by atoms with E-state index in [0.29, 0.717) is 34.5 Å². The van der Waals surface area contributed by atoms with Crippen molar-refractivity contribution >= 4 is 22.1 Å². The molecule has 0 aromatic heterocycles. The van der Waals surface area contributed by atoms with Gasteiger partial charge >= 0.3 is 0 Å². The Morgan fingerprint density at radius 2 is 1.87 bits per heavy atom. The lowest BCUT2D eigenvalue weighted by molar-refractivity contribution is 0.0632. The van der Waals surface area contributed by atoms with E-state index in [4.69, 9.17) is 9.47 Å². The number of hydrogen-bond donors (Lipinski definition) is 2. The fourth-order valence-corrected chi connectivity index (χ4v) is 3.83. The van der Waals surface area contributed by atoms with Crippen molar-refractivity contribution in [3.05, 3.63) is 46.4 Å². The van der Waals surface area contributed by atoms with E-state index in [0.717, 1.165) is 18.4 Å². The van der Waals surface area contributed by atoms with E-state index in [-0.39, 0.29) is 6.10 Å². The number of nitroso groups, excluding NO2 is 1. The molecule has 31 heavy (non-hydrogen) atoms. The molecule has 0 aliphatic rings. The molecule has 2 N–H and O–H groups in total. The maximum atomic E-state index is 11.3. The van der Waals surface area contributed by atoms with Gasteiger partial charge in [0.1, 0.15) is 11.4 Å².